The Morgan fingerprint density at radius 3 is 2.70 bits per heavy atom. The molecule has 2 N–H and O–H groups in total. The average molecular weight is 298 g/mol. The highest BCUT2D eigenvalue weighted by molar-refractivity contribution is 6.31. The normalized spacial score (nSPS) is 23.4. The predicted molar refractivity (Wildman–Crippen MR) is 78.0 cm³/mol. The number of hydrogen-bond donors (Lipinski definition) is 2. The lowest BCUT2D eigenvalue weighted by molar-refractivity contribution is -0.0271. The number of amides is 1. The van der Waals surface area contributed by atoms with Gasteiger partial charge in [0, 0.05) is 16.1 Å². The third kappa shape index (κ3) is 2.76. The predicted octanol–water partition coefficient (Wildman–Crippen LogP) is 3.68. The number of carbonyl (C=O) groups is 1. The second-order valence-corrected chi connectivity index (χ2v) is 6.30. The molecule has 0 bridgehead atoms. The quantitative estimate of drug-likeness (QED) is 0.875. The molecular weight excluding hydrogens is 278 g/mol. The van der Waals surface area contributed by atoms with Crippen LogP contribution in [-0.2, 0) is 0 Å². The number of halogens is 1. The van der Waals surface area contributed by atoms with E-state index in [0.717, 1.165) is 12.8 Å². The summed E-state index contributed by atoms with van der Waals surface area (Å²) in [5, 5.41) is 20.5. The fourth-order valence-corrected chi connectivity index (χ4v) is 3.31. The van der Waals surface area contributed by atoms with E-state index in [0.29, 0.717) is 17.0 Å². The van der Waals surface area contributed by atoms with Gasteiger partial charge in [-0.05, 0) is 39.2 Å². The van der Waals surface area contributed by atoms with Gasteiger partial charge in [-0.25, -0.2) is 4.79 Å². The second-order valence-electron chi connectivity index (χ2n) is 5.89. The van der Waals surface area contributed by atoms with Gasteiger partial charge in [-0.15, -0.1) is 0 Å². The van der Waals surface area contributed by atoms with Crippen LogP contribution in [0.1, 0.15) is 44.8 Å². The molecule has 1 aromatic carbocycles. The zero-order valence-electron chi connectivity index (χ0n) is 11.7. The zero-order valence-corrected chi connectivity index (χ0v) is 12.5. The first kappa shape index (κ1) is 15.1. The smallest absolute Gasteiger partial charge is 0.408 e. The zero-order chi connectivity index (χ0) is 14.9. The molecule has 0 saturated carbocycles. The first-order valence-corrected chi connectivity index (χ1v) is 7.17. The highest BCUT2D eigenvalue weighted by atomic mass is 35.5. The number of rotatable bonds is 2. The van der Waals surface area contributed by atoms with Gasteiger partial charge in [0.25, 0.3) is 0 Å². The number of piperidine rings is 1. The molecule has 1 amide bonds. The Kier molecular flexibility index (Phi) is 4.25. The summed E-state index contributed by atoms with van der Waals surface area (Å²) in [7, 11) is 0. The van der Waals surface area contributed by atoms with Gasteiger partial charge in [0.1, 0.15) is 6.10 Å². The van der Waals surface area contributed by atoms with Gasteiger partial charge in [-0.3, -0.25) is 4.90 Å². The molecule has 1 aliphatic heterocycles. The Bertz CT molecular complexity index is 504. The SMILES string of the molecule is CC1(C)CCC[C@H]([C@@H](O)c2ccccc2Cl)N1C(=O)O. The minimum Gasteiger partial charge on any atom is -0.465 e. The van der Waals surface area contributed by atoms with Crippen LogP contribution in [0.3, 0.4) is 0 Å². The molecular formula is C15H20ClNO3. The van der Waals surface area contributed by atoms with Crippen LogP contribution in [0.25, 0.3) is 0 Å². The van der Waals surface area contributed by atoms with Crippen molar-refractivity contribution in [2.45, 2.75) is 50.8 Å². The summed E-state index contributed by atoms with van der Waals surface area (Å²) in [5.74, 6) is 0. The number of benzene rings is 1. The Balaban J connectivity index is 2.34. The average Bonchev–Trinajstić information content (AvgIpc) is 2.36. The molecule has 20 heavy (non-hydrogen) atoms. The van der Waals surface area contributed by atoms with Crippen LogP contribution in [-0.4, -0.2) is 32.8 Å². The fraction of sp³-hybridized carbons (Fsp3) is 0.533. The van der Waals surface area contributed by atoms with E-state index < -0.39 is 23.8 Å². The Hall–Kier alpha value is -1.26. The van der Waals surface area contributed by atoms with Crippen LogP contribution < -0.4 is 0 Å². The molecule has 1 saturated heterocycles. The number of nitrogens with zero attached hydrogens (tertiary/aromatic N) is 1. The van der Waals surface area contributed by atoms with E-state index in [1.807, 2.05) is 13.8 Å². The van der Waals surface area contributed by atoms with E-state index in [1.54, 1.807) is 24.3 Å². The van der Waals surface area contributed by atoms with Crippen LogP contribution in [0.4, 0.5) is 4.79 Å². The summed E-state index contributed by atoms with van der Waals surface area (Å²) < 4.78 is 0. The summed E-state index contributed by atoms with van der Waals surface area (Å²) in [6, 6.07) is 6.58. The fourth-order valence-electron chi connectivity index (χ4n) is 3.06. The lowest BCUT2D eigenvalue weighted by atomic mass is 9.83. The second kappa shape index (κ2) is 5.62. The Labute approximate surface area is 124 Å². The molecule has 0 spiro atoms. The maximum Gasteiger partial charge on any atom is 0.408 e. The first-order chi connectivity index (χ1) is 9.34. The van der Waals surface area contributed by atoms with Gasteiger partial charge in [0.2, 0.25) is 0 Å². The minimum absolute atomic E-state index is 0.462. The molecule has 0 radical (unpaired) electrons. The lowest BCUT2D eigenvalue weighted by Crippen LogP contribution is -2.57. The number of aliphatic hydroxyl groups excluding tert-OH is 1. The van der Waals surface area contributed by atoms with Crippen LogP contribution >= 0.6 is 11.6 Å². The molecule has 2 atom stereocenters. The molecule has 5 heteroatoms. The van der Waals surface area contributed by atoms with Gasteiger partial charge in [0.15, 0.2) is 0 Å². The van der Waals surface area contributed by atoms with Crippen molar-refractivity contribution < 1.29 is 15.0 Å². The van der Waals surface area contributed by atoms with Gasteiger partial charge < -0.3 is 10.2 Å². The summed E-state index contributed by atoms with van der Waals surface area (Å²) in [6.45, 7) is 3.79. The van der Waals surface area contributed by atoms with Crippen LogP contribution in [0.2, 0.25) is 5.02 Å². The molecule has 110 valence electrons. The van der Waals surface area contributed by atoms with Crippen molar-refractivity contribution in [2.24, 2.45) is 0 Å². The van der Waals surface area contributed by atoms with Crippen LogP contribution in [0.15, 0.2) is 24.3 Å². The Morgan fingerprint density at radius 1 is 1.45 bits per heavy atom. The van der Waals surface area contributed by atoms with E-state index in [2.05, 4.69) is 0 Å². The Morgan fingerprint density at radius 2 is 2.10 bits per heavy atom. The van der Waals surface area contributed by atoms with Crippen LogP contribution in [0.5, 0.6) is 0 Å². The third-order valence-corrected chi connectivity index (χ3v) is 4.41. The summed E-state index contributed by atoms with van der Waals surface area (Å²) in [4.78, 5) is 13.0. The topological polar surface area (TPSA) is 60.8 Å². The highest BCUT2D eigenvalue weighted by Crippen LogP contribution is 2.38. The molecule has 0 aliphatic carbocycles. The molecule has 1 fully saturated rings. The number of aliphatic hydroxyl groups is 1. The number of hydrogen-bond acceptors (Lipinski definition) is 2. The standard InChI is InChI=1S/C15H20ClNO3/c1-15(2)9-5-8-12(17(15)14(19)20)13(18)10-6-3-4-7-11(10)16/h3-4,6-7,12-13,18H,5,8-9H2,1-2H3,(H,19,20)/t12-,13+/m1/s1. The van der Waals surface area contributed by atoms with E-state index in [9.17, 15) is 15.0 Å². The largest absolute Gasteiger partial charge is 0.465 e. The highest BCUT2D eigenvalue weighted by Gasteiger charge is 2.43. The third-order valence-electron chi connectivity index (χ3n) is 4.07. The monoisotopic (exact) mass is 297 g/mol. The van der Waals surface area contributed by atoms with Crippen molar-refractivity contribution in [2.75, 3.05) is 0 Å². The van der Waals surface area contributed by atoms with Crippen molar-refractivity contribution in [3.05, 3.63) is 34.9 Å². The van der Waals surface area contributed by atoms with Gasteiger partial charge in [-0.1, -0.05) is 29.8 Å². The lowest BCUT2D eigenvalue weighted by Gasteiger charge is -2.47. The first-order valence-electron chi connectivity index (χ1n) is 6.79. The van der Waals surface area contributed by atoms with E-state index >= 15 is 0 Å². The maximum atomic E-state index is 11.6. The molecule has 4 nitrogen and oxygen atoms in total. The number of likely N-dealkylation sites (tertiary alicyclic amines) is 1. The molecule has 2 rings (SSSR count). The molecule has 1 heterocycles. The van der Waals surface area contributed by atoms with Crippen molar-refractivity contribution in [1.82, 2.24) is 4.90 Å². The van der Waals surface area contributed by atoms with E-state index in [1.165, 1.54) is 4.90 Å². The molecule has 0 unspecified atom stereocenters. The van der Waals surface area contributed by atoms with E-state index in [-0.39, 0.29) is 0 Å². The van der Waals surface area contributed by atoms with Gasteiger partial charge in [0.05, 0.1) is 6.04 Å². The van der Waals surface area contributed by atoms with E-state index in [4.69, 9.17) is 11.6 Å². The van der Waals surface area contributed by atoms with Gasteiger partial charge >= 0.3 is 6.09 Å². The maximum absolute atomic E-state index is 11.6. The van der Waals surface area contributed by atoms with Crippen molar-refractivity contribution in [1.29, 1.82) is 0 Å². The van der Waals surface area contributed by atoms with Crippen molar-refractivity contribution in [3.63, 3.8) is 0 Å². The van der Waals surface area contributed by atoms with Gasteiger partial charge in [-0.2, -0.15) is 0 Å². The summed E-state index contributed by atoms with van der Waals surface area (Å²) in [5.41, 5.74) is 0.111. The van der Waals surface area contributed by atoms with Crippen molar-refractivity contribution >= 4 is 17.7 Å². The minimum atomic E-state index is -0.995. The summed E-state index contributed by atoms with van der Waals surface area (Å²) >= 11 is 6.11. The molecule has 1 aromatic rings. The van der Waals surface area contributed by atoms with Crippen LogP contribution in [0, 0.1) is 0 Å². The molecule has 1 aliphatic rings. The van der Waals surface area contributed by atoms with Crippen molar-refractivity contribution in [3.8, 4) is 0 Å². The molecule has 0 aromatic heterocycles. The number of carboxylic acid groups (broad SMARTS) is 1. The summed E-state index contributed by atoms with van der Waals surface area (Å²) in [6.07, 6.45) is 0.432.